The first-order valence-corrected chi connectivity index (χ1v) is 5.39. The molecular weight excluding hydrogens is 165 g/mol. The van der Waals surface area contributed by atoms with Crippen LogP contribution in [0.15, 0.2) is 0 Å². The van der Waals surface area contributed by atoms with E-state index in [1.807, 2.05) is 0 Å². The molecule has 0 aliphatic carbocycles. The summed E-state index contributed by atoms with van der Waals surface area (Å²) in [4.78, 5) is 0. The van der Waals surface area contributed by atoms with Crippen LogP contribution in [0, 0.1) is 5.41 Å². The molecule has 13 heavy (non-hydrogen) atoms. The molecule has 0 saturated carbocycles. The quantitative estimate of drug-likeness (QED) is 0.578. The number of alkyl halides is 1. The van der Waals surface area contributed by atoms with Gasteiger partial charge in [-0.15, -0.1) is 0 Å². The predicted octanol–water partition coefficient (Wildman–Crippen LogP) is 3.15. The van der Waals surface area contributed by atoms with Gasteiger partial charge in [0.05, 0.1) is 0 Å². The van der Waals surface area contributed by atoms with Gasteiger partial charge in [0.15, 0.2) is 0 Å². The topological polar surface area (TPSA) is 12.0 Å². The van der Waals surface area contributed by atoms with E-state index in [1.165, 1.54) is 25.7 Å². The van der Waals surface area contributed by atoms with Gasteiger partial charge in [-0.1, -0.05) is 40.0 Å². The zero-order chi connectivity index (χ0) is 10.2. The molecule has 0 aromatic carbocycles. The molecule has 1 nitrogen and oxygen atoms in total. The summed E-state index contributed by atoms with van der Waals surface area (Å²) < 4.78 is 11.8. The molecule has 0 unspecified atom stereocenters. The smallest absolute Gasteiger partial charge is 0.102 e. The van der Waals surface area contributed by atoms with Gasteiger partial charge in [0.2, 0.25) is 0 Å². The minimum Gasteiger partial charge on any atom is -0.314 e. The van der Waals surface area contributed by atoms with Crippen LogP contribution in [-0.2, 0) is 0 Å². The first-order valence-electron chi connectivity index (χ1n) is 5.39. The fourth-order valence-electron chi connectivity index (χ4n) is 1.44. The lowest BCUT2D eigenvalue weighted by molar-refractivity contribution is 0.297. The molecule has 2 heteroatoms. The summed E-state index contributed by atoms with van der Waals surface area (Å²) in [5.41, 5.74) is 0.324. The van der Waals surface area contributed by atoms with E-state index >= 15 is 0 Å². The van der Waals surface area contributed by atoms with Crippen LogP contribution in [-0.4, -0.2) is 19.8 Å². The summed E-state index contributed by atoms with van der Waals surface area (Å²) in [5, 5.41) is 3.13. The van der Waals surface area contributed by atoms with Crippen LogP contribution in [0.2, 0.25) is 0 Å². The molecule has 0 bridgehead atoms. The lowest BCUT2D eigenvalue weighted by Crippen LogP contribution is -2.30. The highest BCUT2D eigenvalue weighted by molar-refractivity contribution is 4.71. The number of rotatable bonds is 8. The van der Waals surface area contributed by atoms with Crippen molar-refractivity contribution in [2.24, 2.45) is 5.41 Å². The van der Waals surface area contributed by atoms with Gasteiger partial charge >= 0.3 is 0 Å². The van der Waals surface area contributed by atoms with Gasteiger partial charge < -0.3 is 5.32 Å². The SMILES string of the molecule is CCCCCC(C)(C)CNCCF. The Morgan fingerprint density at radius 2 is 1.92 bits per heavy atom. The first-order chi connectivity index (χ1) is 6.12. The van der Waals surface area contributed by atoms with E-state index in [9.17, 15) is 4.39 Å². The van der Waals surface area contributed by atoms with Crippen LogP contribution in [0.3, 0.4) is 0 Å². The van der Waals surface area contributed by atoms with E-state index in [-0.39, 0.29) is 6.67 Å². The van der Waals surface area contributed by atoms with E-state index in [0.717, 1.165) is 6.54 Å². The minimum atomic E-state index is -0.259. The van der Waals surface area contributed by atoms with E-state index in [4.69, 9.17) is 0 Å². The van der Waals surface area contributed by atoms with Crippen LogP contribution in [0.25, 0.3) is 0 Å². The van der Waals surface area contributed by atoms with E-state index in [0.29, 0.717) is 12.0 Å². The van der Waals surface area contributed by atoms with Gasteiger partial charge in [-0.2, -0.15) is 0 Å². The van der Waals surface area contributed by atoms with Crippen LogP contribution >= 0.6 is 0 Å². The van der Waals surface area contributed by atoms with Crippen LogP contribution in [0.5, 0.6) is 0 Å². The van der Waals surface area contributed by atoms with Crippen molar-refractivity contribution in [2.75, 3.05) is 19.8 Å². The molecule has 0 saturated heterocycles. The Labute approximate surface area is 82.1 Å². The van der Waals surface area contributed by atoms with Gasteiger partial charge in [0.1, 0.15) is 6.67 Å². The van der Waals surface area contributed by atoms with E-state index in [2.05, 4.69) is 26.1 Å². The van der Waals surface area contributed by atoms with Gasteiger partial charge in [0, 0.05) is 13.1 Å². The zero-order valence-electron chi connectivity index (χ0n) is 9.33. The fourth-order valence-corrected chi connectivity index (χ4v) is 1.44. The largest absolute Gasteiger partial charge is 0.314 e. The second kappa shape index (κ2) is 7.31. The van der Waals surface area contributed by atoms with Crippen molar-refractivity contribution >= 4 is 0 Å². The van der Waals surface area contributed by atoms with Gasteiger partial charge in [0.25, 0.3) is 0 Å². The van der Waals surface area contributed by atoms with E-state index < -0.39 is 0 Å². The maximum absolute atomic E-state index is 11.8. The normalized spacial score (nSPS) is 12.0. The summed E-state index contributed by atoms with van der Waals surface area (Å²) in [6.07, 6.45) is 5.11. The third-order valence-corrected chi connectivity index (χ3v) is 2.33. The highest BCUT2D eigenvalue weighted by Crippen LogP contribution is 2.22. The third kappa shape index (κ3) is 8.23. The number of halogens is 1. The van der Waals surface area contributed by atoms with Gasteiger partial charge in [-0.3, -0.25) is 0 Å². The molecular formula is C11H24FN. The lowest BCUT2D eigenvalue weighted by atomic mass is 9.87. The lowest BCUT2D eigenvalue weighted by Gasteiger charge is -2.24. The molecule has 0 amide bonds. The van der Waals surface area contributed by atoms with E-state index in [1.54, 1.807) is 0 Å². The van der Waals surface area contributed by atoms with Crippen molar-refractivity contribution in [2.45, 2.75) is 46.5 Å². The number of hydrogen-bond acceptors (Lipinski definition) is 1. The van der Waals surface area contributed by atoms with Crippen molar-refractivity contribution in [1.29, 1.82) is 0 Å². The zero-order valence-corrected chi connectivity index (χ0v) is 9.33. The Hall–Kier alpha value is -0.110. The first kappa shape index (κ1) is 12.9. The monoisotopic (exact) mass is 189 g/mol. The maximum Gasteiger partial charge on any atom is 0.102 e. The predicted molar refractivity (Wildman–Crippen MR) is 56.8 cm³/mol. The van der Waals surface area contributed by atoms with Crippen molar-refractivity contribution in [3.63, 3.8) is 0 Å². The summed E-state index contributed by atoms with van der Waals surface area (Å²) in [6.45, 7) is 7.87. The molecule has 0 atom stereocenters. The average Bonchev–Trinajstić information content (AvgIpc) is 2.05. The Bertz CT molecular complexity index is 101. The molecule has 80 valence electrons. The van der Waals surface area contributed by atoms with Gasteiger partial charge in [-0.25, -0.2) is 4.39 Å². The summed E-state index contributed by atoms with van der Waals surface area (Å²) in [7, 11) is 0. The highest BCUT2D eigenvalue weighted by Gasteiger charge is 2.15. The van der Waals surface area contributed by atoms with Crippen molar-refractivity contribution in [1.82, 2.24) is 5.32 Å². The van der Waals surface area contributed by atoms with Crippen molar-refractivity contribution in [3.05, 3.63) is 0 Å². The molecule has 0 aromatic heterocycles. The number of nitrogens with one attached hydrogen (secondary N) is 1. The Morgan fingerprint density at radius 3 is 2.46 bits per heavy atom. The van der Waals surface area contributed by atoms with Crippen LogP contribution in [0.4, 0.5) is 4.39 Å². The Balaban J connectivity index is 3.42. The van der Waals surface area contributed by atoms with Crippen molar-refractivity contribution in [3.8, 4) is 0 Å². The average molecular weight is 189 g/mol. The second-order valence-electron chi connectivity index (χ2n) is 4.49. The van der Waals surface area contributed by atoms with Crippen molar-refractivity contribution < 1.29 is 4.39 Å². The summed E-state index contributed by atoms with van der Waals surface area (Å²) in [6, 6.07) is 0. The molecule has 0 aliphatic rings. The standard InChI is InChI=1S/C11H24FN/c1-4-5-6-7-11(2,3)10-13-9-8-12/h13H,4-10H2,1-3H3. The second-order valence-corrected chi connectivity index (χ2v) is 4.49. The molecule has 0 heterocycles. The number of hydrogen-bond donors (Lipinski definition) is 1. The van der Waals surface area contributed by atoms with Gasteiger partial charge in [-0.05, 0) is 11.8 Å². The Morgan fingerprint density at radius 1 is 1.23 bits per heavy atom. The Kier molecular flexibility index (Phi) is 7.25. The molecule has 0 spiro atoms. The summed E-state index contributed by atoms with van der Waals surface area (Å²) >= 11 is 0. The molecule has 0 fully saturated rings. The summed E-state index contributed by atoms with van der Waals surface area (Å²) in [5.74, 6) is 0. The number of unbranched alkanes of at least 4 members (excludes halogenated alkanes) is 2. The fraction of sp³-hybridized carbons (Fsp3) is 1.00. The molecule has 0 rings (SSSR count). The molecule has 0 aliphatic heterocycles. The molecule has 0 radical (unpaired) electrons. The molecule has 1 N–H and O–H groups in total. The van der Waals surface area contributed by atoms with Crippen LogP contribution in [0.1, 0.15) is 46.5 Å². The highest BCUT2D eigenvalue weighted by atomic mass is 19.1. The third-order valence-electron chi connectivity index (χ3n) is 2.33. The molecule has 0 aromatic rings. The maximum atomic E-state index is 11.8. The minimum absolute atomic E-state index is 0.259. The van der Waals surface area contributed by atoms with Crippen LogP contribution < -0.4 is 5.32 Å².